The summed E-state index contributed by atoms with van der Waals surface area (Å²) in [6.45, 7) is 6.05. The van der Waals surface area contributed by atoms with Gasteiger partial charge < -0.3 is 4.74 Å². The maximum Gasteiger partial charge on any atom is 0.244 e. The van der Waals surface area contributed by atoms with Gasteiger partial charge in [0, 0.05) is 11.1 Å². The Bertz CT molecular complexity index is 517. The number of benzene rings is 1. The van der Waals surface area contributed by atoms with E-state index in [1.165, 1.54) is 6.07 Å². The molecule has 1 N–H and O–H groups in total. The van der Waals surface area contributed by atoms with Gasteiger partial charge in [-0.1, -0.05) is 24.9 Å². The van der Waals surface area contributed by atoms with Crippen LogP contribution in [0.2, 0.25) is 5.02 Å². The number of halogens is 1. The predicted octanol–water partition coefficient (Wildman–Crippen LogP) is 3.21. The summed E-state index contributed by atoms with van der Waals surface area (Å²) in [6, 6.07) is 4.47. The van der Waals surface area contributed by atoms with Crippen molar-refractivity contribution in [3.63, 3.8) is 0 Å². The molecule has 1 atom stereocenters. The molecule has 0 amide bonds. The highest BCUT2D eigenvalue weighted by Gasteiger charge is 2.22. The van der Waals surface area contributed by atoms with E-state index in [1.807, 2.05) is 13.8 Å². The number of sulfonamides is 1. The van der Waals surface area contributed by atoms with E-state index in [9.17, 15) is 8.42 Å². The van der Waals surface area contributed by atoms with Crippen molar-refractivity contribution in [2.45, 2.75) is 44.6 Å². The number of rotatable bonds is 7. The largest absolute Gasteiger partial charge is 0.492 e. The highest BCUT2D eigenvalue weighted by molar-refractivity contribution is 7.89. The fourth-order valence-corrected chi connectivity index (χ4v) is 3.47. The summed E-state index contributed by atoms with van der Waals surface area (Å²) >= 11 is 5.87. The maximum atomic E-state index is 12.3. The molecule has 1 aromatic rings. The lowest BCUT2D eigenvalue weighted by Crippen LogP contribution is -2.32. The van der Waals surface area contributed by atoms with E-state index >= 15 is 0 Å². The number of ether oxygens (including phenoxy) is 1. The normalized spacial score (nSPS) is 13.3. The van der Waals surface area contributed by atoms with Crippen molar-refractivity contribution in [3.05, 3.63) is 23.2 Å². The molecule has 0 radical (unpaired) electrons. The van der Waals surface area contributed by atoms with Crippen molar-refractivity contribution < 1.29 is 13.2 Å². The van der Waals surface area contributed by atoms with Crippen LogP contribution in [0.15, 0.2) is 23.1 Å². The Morgan fingerprint density at radius 2 is 2.05 bits per heavy atom. The van der Waals surface area contributed by atoms with Crippen LogP contribution in [0.4, 0.5) is 0 Å². The molecule has 1 rings (SSSR count). The Balaban J connectivity index is 3.08. The van der Waals surface area contributed by atoms with E-state index in [1.54, 1.807) is 19.1 Å². The Morgan fingerprint density at radius 1 is 1.37 bits per heavy atom. The van der Waals surface area contributed by atoms with Gasteiger partial charge in [-0.05, 0) is 38.5 Å². The van der Waals surface area contributed by atoms with E-state index in [4.69, 9.17) is 16.3 Å². The van der Waals surface area contributed by atoms with Gasteiger partial charge in [0.1, 0.15) is 10.6 Å². The van der Waals surface area contributed by atoms with Crippen LogP contribution < -0.4 is 9.46 Å². The van der Waals surface area contributed by atoms with Gasteiger partial charge in [0.15, 0.2) is 0 Å². The molecule has 0 heterocycles. The molecule has 0 fully saturated rings. The molecular weight excluding hydrogens is 286 g/mol. The molecule has 0 bridgehead atoms. The number of nitrogens with one attached hydrogen (secondary N) is 1. The minimum Gasteiger partial charge on any atom is -0.492 e. The lowest BCUT2D eigenvalue weighted by Gasteiger charge is -2.16. The molecule has 108 valence electrons. The third-order valence-electron chi connectivity index (χ3n) is 2.57. The quantitative estimate of drug-likeness (QED) is 0.841. The standard InChI is InChI=1S/C13H20ClNO3S/c1-4-6-10(3)15-19(16,17)13-9-11(14)7-8-12(13)18-5-2/h7-10,15H,4-6H2,1-3H3/t10-/m1/s1. The van der Waals surface area contributed by atoms with Crippen LogP contribution in [0.3, 0.4) is 0 Å². The minimum atomic E-state index is -3.62. The molecule has 0 aliphatic heterocycles. The van der Waals surface area contributed by atoms with Gasteiger partial charge in [0.25, 0.3) is 0 Å². The van der Waals surface area contributed by atoms with Crippen molar-refractivity contribution in [1.29, 1.82) is 0 Å². The molecular formula is C13H20ClNO3S. The maximum absolute atomic E-state index is 12.3. The van der Waals surface area contributed by atoms with Crippen molar-refractivity contribution in [2.75, 3.05) is 6.61 Å². The Kier molecular flexibility index (Phi) is 6.10. The van der Waals surface area contributed by atoms with E-state index in [0.29, 0.717) is 17.4 Å². The third-order valence-corrected chi connectivity index (χ3v) is 4.42. The monoisotopic (exact) mass is 305 g/mol. The first-order chi connectivity index (χ1) is 8.90. The van der Waals surface area contributed by atoms with E-state index < -0.39 is 10.0 Å². The summed E-state index contributed by atoms with van der Waals surface area (Å²) in [7, 11) is -3.62. The second-order valence-corrected chi connectivity index (χ2v) is 6.45. The third kappa shape index (κ3) is 4.67. The summed E-state index contributed by atoms with van der Waals surface area (Å²) in [6.07, 6.45) is 1.70. The summed E-state index contributed by atoms with van der Waals surface area (Å²) in [5, 5.41) is 0.368. The molecule has 1 aromatic carbocycles. The van der Waals surface area contributed by atoms with Gasteiger partial charge in [-0.2, -0.15) is 0 Å². The lowest BCUT2D eigenvalue weighted by atomic mass is 10.2. The average molecular weight is 306 g/mol. The summed E-state index contributed by atoms with van der Waals surface area (Å²) in [5.74, 6) is 0.322. The summed E-state index contributed by atoms with van der Waals surface area (Å²) in [5.41, 5.74) is 0. The first-order valence-corrected chi connectivity index (χ1v) is 8.21. The summed E-state index contributed by atoms with van der Waals surface area (Å²) in [4.78, 5) is 0.0878. The topological polar surface area (TPSA) is 55.4 Å². The second kappa shape index (κ2) is 7.12. The first-order valence-electron chi connectivity index (χ1n) is 6.35. The molecule has 0 spiro atoms. The average Bonchev–Trinajstić information content (AvgIpc) is 2.31. The predicted molar refractivity (Wildman–Crippen MR) is 77.3 cm³/mol. The van der Waals surface area contributed by atoms with E-state index in [2.05, 4.69) is 4.72 Å². The fraction of sp³-hybridized carbons (Fsp3) is 0.538. The highest BCUT2D eigenvalue weighted by Crippen LogP contribution is 2.27. The number of hydrogen-bond acceptors (Lipinski definition) is 3. The van der Waals surface area contributed by atoms with Gasteiger partial charge in [0.05, 0.1) is 6.61 Å². The van der Waals surface area contributed by atoms with Gasteiger partial charge in [-0.15, -0.1) is 0 Å². The molecule has 0 unspecified atom stereocenters. The van der Waals surface area contributed by atoms with Crippen molar-refractivity contribution >= 4 is 21.6 Å². The van der Waals surface area contributed by atoms with Crippen LogP contribution in [0.1, 0.15) is 33.6 Å². The zero-order chi connectivity index (χ0) is 14.5. The molecule has 0 aromatic heterocycles. The molecule has 0 saturated carbocycles. The molecule has 0 aliphatic carbocycles. The van der Waals surface area contributed by atoms with Crippen molar-refractivity contribution in [3.8, 4) is 5.75 Å². The van der Waals surface area contributed by atoms with Crippen LogP contribution in [0, 0.1) is 0 Å². The Hall–Kier alpha value is -0.780. The Labute approximate surface area is 120 Å². The molecule has 0 saturated heterocycles. The molecule has 4 nitrogen and oxygen atoms in total. The van der Waals surface area contributed by atoms with E-state index in [0.717, 1.165) is 12.8 Å². The smallest absolute Gasteiger partial charge is 0.244 e. The van der Waals surface area contributed by atoms with Crippen LogP contribution in [-0.2, 0) is 10.0 Å². The molecule has 19 heavy (non-hydrogen) atoms. The molecule has 0 aliphatic rings. The zero-order valence-electron chi connectivity index (χ0n) is 11.4. The van der Waals surface area contributed by atoms with Gasteiger partial charge >= 0.3 is 0 Å². The minimum absolute atomic E-state index is 0.0878. The van der Waals surface area contributed by atoms with Gasteiger partial charge in [0.2, 0.25) is 10.0 Å². The van der Waals surface area contributed by atoms with Gasteiger partial charge in [-0.3, -0.25) is 0 Å². The second-order valence-electron chi connectivity index (χ2n) is 4.34. The SMILES string of the molecule is CCC[C@@H](C)NS(=O)(=O)c1cc(Cl)ccc1OCC. The van der Waals surface area contributed by atoms with Crippen molar-refractivity contribution in [1.82, 2.24) is 4.72 Å². The van der Waals surface area contributed by atoms with Crippen LogP contribution >= 0.6 is 11.6 Å². The zero-order valence-corrected chi connectivity index (χ0v) is 13.0. The highest BCUT2D eigenvalue weighted by atomic mass is 35.5. The lowest BCUT2D eigenvalue weighted by molar-refractivity contribution is 0.331. The molecule has 6 heteroatoms. The van der Waals surface area contributed by atoms with Crippen LogP contribution in [-0.4, -0.2) is 21.1 Å². The van der Waals surface area contributed by atoms with Crippen LogP contribution in [0.25, 0.3) is 0 Å². The van der Waals surface area contributed by atoms with Crippen LogP contribution in [0.5, 0.6) is 5.75 Å². The fourth-order valence-electron chi connectivity index (χ4n) is 1.79. The summed E-state index contributed by atoms with van der Waals surface area (Å²) < 4.78 is 32.6. The Morgan fingerprint density at radius 3 is 2.63 bits per heavy atom. The number of hydrogen-bond donors (Lipinski definition) is 1. The first kappa shape index (κ1) is 16.3. The van der Waals surface area contributed by atoms with E-state index in [-0.39, 0.29) is 10.9 Å². The van der Waals surface area contributed by atoms with Crippen molar-refractivity contribution in [2.24, 2.45) is 0 Å². The van der Waals surface area contributed by atoms with Gasteiger partial charge in [-0.25, -0.2) is 13.1 Å².